The Morgan fingerprint density at radius 1 is 1.20 bits per heavy atom. The Morgan fingerprint density at radius 2 is 1.93 bits per heavy atom. The second-order valence-corrected chi connectivity index (χ2v) is 11.9. The lowest BCUT2D eigenvalue weighted by atomic mass is 10.0. The number of Topliss-reactive ketones (excluding diaryl/α,β-unsaturated/α-hetero) is 1. The number of nitrogens with zero attached hydrogens (tertiary/aromatic N) is 3. The number of hydrogen-bond acceptors (Lipinski definition) is 7. The molecule has 216 valence electrons. The highest BCUT2D eigenvalue weighted by Gasteiger charge is 2.53. The number of ketones is 1. The number of carbonyl (C=O) groups is 3. The van der Waals surface area contributed by atoms with Gasteiger partial charge in [0.15, 0.2) is 5.78 Å². The maximum Gasteiger partial charge on any atom is 0.573 e. The first-order valence-corrected chi connectivity index (χ1v) is 14.3. The van der Waals surface area contributed by atoms with Crippen molar-refractivity contribution in [2.24, 2.45) is 5.92 Å². The van der Waals surface area contributed by atoms with Crippen LogP contribution < -0.4 is 10.1 Å². The van der Waals surface area contributed by atoms with Crippen LogP contribution in [0.4, 0.5) is 13.2 Å². The number of sulfonamides is 1. The summed E-state index contributed by atoms with van der Waals surface area (Å²) in [6.45, 7) is 2.05. The van der Waals surface area contributed by atoms with E-state index in [4.69, 9.17) is 0 Å². The molecule has 2 amide bonds. The Balaban J connectivity index is 1.26. The van der Waals surface area contributed by atoms with Crippen molar-refractivity contribution >= 4 is 27.6 Å². The summed E-state index contributed by atoms with van der Waals surface area (Å²) in [5, 5.41) is 2.67. The summed E-state index contributed by atoms with van der Waals surface area (Å²) in [5.74, 6) is -1.92. The van der Waals surface area contributed by atoms with Crippen LogP contribution in [0.1, 0.15) is 42.1 Å². The van der Waals surface area contributed by atoms with Gasteiger partial charge in [0.05, 0.1) is 18.3 Å². The van der Waals surface area contributed by atoms with E-state index in [1.807, 2.05) is 6.92 Å². The topological polar surface area (TPSA) is 126 Å². The van der Waals surface area contributed by atoms with Gasteiger partial charge in [0.25, 0.3) is 5.91 Å². The number of benzene rings is 1. The van der Waals surface area contributed by atoms with Crippen LogP contribution in [-0.2, 0) is 25.4 Å². The fourth-order valence-electron chi connectivity index (χ4n) is 5.05. The van der Waals surface area contributed by atoms with Gasteiger partial charge in [-0.25, -0.2) is 8.42 Å². The lowest BCUT2D eigenvalue weighted by molar-refractivity contribution is -0.274. The van der Waals surface area contributed by atoms with Crippen LogP contribution in [0.2, 0.25) is 0 Å². The van der Waals surface area contributed by atoms with Gasteiger partial charge in [-0.05, 0) is 54.7 Å². The number of nitrogens with one attached hydrogen (secondary N) is 1. The van der Waals surface area contributed by atoms with Crippen LogP contribution in [0.3, 0.4) is 0 Å². The van der Waals surface area contributed by atoms with E-state index in [1.165, 1.54) is 27.5 Å². The Kier molecular flexibility index (Phi) is 8.78. The SMILES string of the molecule is CC(CCNC(=O)c1ccc(OC(F)(F)F)cc1)CC(=O)N1CCC2C1C(=O)CN2S(=O)(=O)Cc1cccnc1. The van der Waals surface area contributed by atoms with E-state index in [2.05, 4.69) is 15.0 Å². The fourth-order valence-corrected chi connectivity index (χ4v) is 6.77. The van der Waals surface area contributed by atoms with Crippen LogP contribution in [0.25, 0.3) is 0 Å². The van der Waals surface area contributed by atoms with Crippen LogP contribution in [0.15, 0.2) is 48.8 Å². The number of amides is 2. The molecule has 0 bridgehead atoms. The van der Waals surface area contributed by atoms with Crippen molar-refractivity contribution < 1.29 is 40.7 Å². The molecule has 2 aliphatic rings. The first-order valence-electron chi connectivity index (χ1n) is 12.7. The van der Waals surface area contributed by atoms with Crippen molar-refractivity contribution in [2.75, 3.05) is 19.6 Å². The summed E-state index contributed by atoms with van der Waals surface area (Å²) in [7, 11) is -3.79. The molecule has 0 aliphatic carbocycles. The van der Waals surface area contributed by atoms with Crippen LogP contribution in [-0.4, -0.2) is 78.3 Å². The highest BCUT2D eigenvalue weighted by Crippen LogP contribution is 2.33. The molecule has 2 aromatic rings. The van der Waals surface area contributed by atoms with Crippen LogP contribution >= 0.6 is 0 Å². The van der Waals surface area contributed by atoms with E-state index < -0.39 is 40.1 Å². The van der Waals surface area contributed by atoms with Crippen molar-refractivity contribution in [3.8, 4) is 5.75 Å². The summed E-state index contributed by atoms with van der Waals surface area (Å²) >= 11 is 0. The zero-order valence-corrected chi connectivity index (χ0v) is 22.5. The maximum atomic E-state index is 13.1. The second-order valence-electron chi connectivity index (χ2n) is 9.94. The molecular weight excluding hydrogens is 553 g/mol. The number of rotatable bonds is 10. The standard InChI is InChI=1S/C26H29F3N4O6S/c1-17(8-11-31-25(36)19-4-6-20(7-5-19)39-26(27,28)29)13-23(35)32-12-9-21-24(32)22(34)15-33(21)40(37,38)16-18-3-2-10-30-14-18/h2-7,10,14,17,21,24H,8-9,11-13,15-16H2,1H3,(H,31,36). The fraction of sp³-hybridized carbons (Fsp3) is 0.462. The van der Waals surface area contributed by atoms with Crippen molar-refractivity contribution in [1.82, 2.24) is 19.5 Å². The van der Waals surface area contributed by atoms with Crippen molar-refractivity contribution in [3.63, 3.8) is 0 Å². The molecule has 2 saturated heterocycles. The minimum Gasteiger partial charge on any atom is -0.406 e. The summed E-state index contributed by atoms with van der Waals surface area (Å²) in [4.78, 5) is 43.6. The van der Waals surface area contributed by atoms with E-state index >= 15 is 0 Å². The Bertz CT molecular complexity index is 1340. The number of halogens is 3. The Hall–Kier alpha value is -3.52. The molecule has 0 saturated carbocycles. The lowest BCUT2D eigenvalue weighted by Crippen LogP contribution is -2.44. The number of alkyl halides is 3. The first kappa shape index (κ1) is 29.5. The third-order valence-electron chi connectivity index (χ3n) is 6.92. The third-order valence-corrected chi connectivity index (χ3v) is 8.74. The molecule has 3 unspecified atom stereocenters. The zero-order valence-electron chi connectivity index (χ0n) is 21.6. The monoisotopic (exact) mass is 582 g/mol. The third kappa shape index (κ3) is 7.16. The normalized spacial score (nSPS) is 20.3. The highest BCUT2D eigenvalue weighted by molar-refractivity contribution is 7.88. The van der Waals surface area contributed by atoms with Crippen molar-refractivity contribution in [1.29, 1.82) is 0 Å². The van der Waals surface area contributed by atoms with Gasteiger partial charge in [-0.2, -0.15) is 4.31 Å². The minimum atomic E-state index is -4.82. The number of ether oxygens (including phenoxy) is 1. The molecule has 1 N–H and O–H groups in total. The molecule has 14 heteroatoms. The highest BCUT2D eigenvalue weighted by atomic mass is 32.2. The molecule has 3 heterocycles. The summed E-state index contributed by atoms with van der Waals surface area (Å²) < 4.78 is 67.9. The molecule has 1 aromatic carbocycles. The minimum absolute atomic E-state index is 0.109. The number of aromatic nitrogens is 1. The quantitative estimate of drug-likeness (QED) is 0.456. The first-order chi connectivity index (χ1) is 18.8. The van der Waals surface area contributed by atoms with Crippen LogP contribution in [0, 0.1) is 5.92 Å². The van der Waals surface area contributed by atoms with E-state index in [0.717, 1.165) is 12.1 Å². The average molecular weight is 583 g/mol. The average Bonchev–Trinajstić information content (AvgIpc) is 3.45. The largest absolute Gasteiger partial charge is 0.573 e. The van der Waals surface area contributed by atoms with E-state index in [-0.39, 0.29) is 55.0 Å². The smallest absolute Gasteiger partial charge is 0.406 e. The van der Waals surface area contributed by atoms with Crippen LogP contribution in [0.5, 0.6) is 5.75 Å². The van der Waals surface area contributed by atoms with Gasteiger partial charge in [0.1, 0.15) is 11.8 Å². The molecule has 2 fully saturated rings. The van der Waals surface area contributed by atoms with Gasteiger partial charge in [-0.15, -0.1) is 13.2 Å². The number of fused-ring (bicyclic) bond motifs is 1. The predicted octanol–water partition coefficient (Wildman–Crippen LogP) is 2.51. The van der Waals surface area contributed by atoms with Gasteiger partial charge in [-0.1, -0.05) is 13.0 Å². The van der Waals surface area contributed by atoms with E-state index in [1.54, 1.807) is 18.3 Å². The molecular formula is C26H29F3N4O6S. The van der Waals surface area contributed by atoms with Crippen molar-refractivity contribution in [3.05, 3.63) is 59.9 Å². The Morgan fingerprint density at radius 3 is 2.58 bits per heavy atom. The molecule has 40 heavy (non-hydrogen) atoms. The summed E-state index contributed by atoms with van der Waals surface area (Å²) in [6, 6.07) is 6.40. The molecule has 2 aliphatic heterocycles. The van der Waals surface area contributed by atoms with Gasteiger partial charge >= 0.3 is 6.36 Å². The maximum absolute atomic E-state index is 13.1. The molecule has 4 rings (SSSR count). The van der Waals surface area contributed by atoms with E-state index in [0.29, 0.717) is 18.4 Å². The van der Waals surface area contributed by atoms with Gasteiger partial charge in [0.2, 0.25) is 15.9 Å². The summed E-state index contributed by atoms with van der Waals surface area (Å²) in [6.07, 6.45) is -0.905. The molecule has 1 aromatic heterocycles. The van der Waals surface area contributed by atoms with Gasteiger partial charge in [-0.3, -0.25) is 19.4 Å². The lowest BCUT2D eigenvalue weighted by Gasteiger charge is -2.25. The van der Waals surface area contributed by atoms with E-state index in [9.17, 15) is 36.0 Å². The number of hydrogen-bond donors (Lipinski definition) is 1. The molecule has 0 spiro atoms. The number of carbonyl (C=O) groups excluding carboxylic acids is 3. The molecule has 0 radical (unpaired) electrons. The number of pyridine rings is 1. The molecule has 10 nitrogen and oxygen atoms in total. The number of likely N-dealkylation sites (tertiary alicyclic amines) is 1. The van der Waals surface area contributed by atoms with Crippen molar-refractivity contribution in [2.45, 2.75) is 50.4 Å². The zero-order chi connectivity index (χ0) is 29.1. The Labute approximate surface area is 229 Å². The summed E-state index contributed by atoms with van der Waals surface area (Å²) in [5.41, 5.74) is 0.668. The molecule has 3 atom stereocenters. The second kappa shape index (κ2) is 11.9. The van der Waals surface area contributed by atoms with Gasteiger partial charge in [0, 0.05) is 37.5 Å². The predicted molar refractivity (Wildman–Crippen MR) is 136 cm³/mol. The van der Waals surface area contributed by atoms with Gasteiger partial charge < -0.3 is 15.0 Å².